The van der Waals surface area contributed by atoms with Crippen molar-refractivity contribution in [3.05, 3.63) is 77.0 Å². The molecule has 130 valence electrons. The van der Waals surface area contributed by atoms with Crippen LogP contribution in [0.4, 0.5) is 0 Å². The smallest absolute Gasteiger partial charge is 0.335 e. The average Bonchev–Trinajstić information content (AvgIpc) is 3.04. The van der Waals surface area contributed by atoms with Gasteiger partial charge in [0, 0.05) is 12.1 Å². The number of aromatic carboxylic acids is 1. The summed E-state index contributed by atoms with van der Waals surface area (Å²) < 4.78 is 1.84. The van der Waals surface area contributed by atoms with Crippen LogP contribution in [0.15, 0.2) is 54.6 Å². The molecule has 3 rings (SSSR count). The molecule has 5 nitrogen and oxygen atoms in total. The summed E-state index contributed by atoms with van der Waals surface area (Å²) in [5.74, 6) is -0.935. The zero-order chi connectivity index (χ0) is 18.5. The van der Waals surface area contributed by atoms with E-state index in [-0.39, 0.29) is 0 Å². The molecule has 0 aliphatic rings. The second-order valence-electron chi connectivity index (χ2n) is 5.93. The minimum Gasteiger partial charge on any atom is -0.478 e. The highest BCUT2D eigenvalue weighted by molar-refractivity contribution is 5.89. The molecule has 0 amide bonds. The summed E-state index contributed by atoms with van der Waals surface area (Å²) in [6.45, 7) is 2.63. The Labute approximate surface area is 152 Å². The van der Waals surface area contributed by atoms with Crippen molar-refractivity contribution in [2.24, 2.45) is 0 Å². The van der Waals surface area contributed by atoms with Gasteiger partial charge in [-0.15, -0.1) is 0 Å². The summed E-state index contributed by atoms with van der Waals surface area (Å²) >= 11 is 0. The Morgan fingerprint density at radius 1 is 1.12 bits per heavy atom. The van der Waals surface area contributed by atoms with E-state index in [0.29, 0.717) is 36.2 Å². The van der Waals surface area contributed by atoms with E-state index < -0.39 is 5.97 Å². The molecule has 0 unspecified atom stereocenters. The van der Waals surface area contributed by atoms with Gasteiger partial charge in [-0.1, -0.05) is 48.5 Å². The SMILES string of the molecule is CCn1nc(-c2ccccc2)c(C#N)c1CCc1ccccc1C(=O)O. The van der Waals surface area contributed by atoms with E-state index in [1.807, 2.05) is 54.1 Å². The maximum absolute atomic E-state index is 11.4. The van der Waals surface area contributed by atoms with Crippen LogP contribution >= 0.6 is 0 Å². The third-order valence-electron chi connectivity index (χ3n) is 4.40. The van der Waals surface area contributed by atoms with Gasteiger partial charge in [-0.05, 0) is 31.4 Å². The summed E-state index contributed by atoms with van der Waals surface area (Å²) in [7, 11) is 0. The molecule has 5 heteroatoms. The molecule has 26 heavy (non-hydrogen) atoms. The third-order valence-corrected chi connectivity index (χ3v) is 4.40. The van der Waals surface area contributed by atoms with E-state index >= 15 is 0 Å². The van der Waals surface area contributed by atoms with Gasteiger partial charge in [-0.25, -0.2) is 4.79 Å². The standard InChI is InChI=1S/C21H19N3O2/c1-2-24-19(13-12-15-8-6-7-11-17(15)21(25)26)18(14-22)20(23-24)16-9-4-3-5-10-16/h3-11H,2,12-13H2,1H3,(H,25,26). The Kier molecular flexibility index (Phi) is 5.14. The molecule has 1 aromatic heterocycles. The van der Waals surface area contributed by atoms with Crippen LogP contribution < -0.4 is 0 Å². The molecule has 0 aliphatic heterocycles. The highest BCUT2D eigenvalue weighted by atomic mass is 16.4. The van der Waals surface area contributed by atoms with E-state index in [9.17, 15) is 15.2 Å². The van der Waals surface area contributed by atoms with Crippen LogP contribution in [0, 0.1) is 11.3 Å². The van der Waals surface area contributed by atoms with Crippen molar-refractivity contribution in [2.75, 3.05) is 0 Å². The Balaban J connectivity index is 1.97. The first-order valence-corrected chi connectivity index (χ1v) is 8.52. The zero-order valence-corrected chi connectivity index (χ0v) is 14.5. The molecule has 0 bridgehead atoms. The van der Waals surface area contributed by atoms with Crippen molar-refractivity contribution in [2.45, 2.75) is 26.3 Å². The highest BCUT2D eigenvalue weighted by Gasteiger charge is 2.19. The quantitative estimate of drug-likeness (QED) is 0.734. The van der Waals surface area contributed by atoms with Crippen molar-refractivity contribution in [1.82, 2.24) is 9.78 Å². The molecule has 0 saturated carbocycles. The Bertz CT molecular complexity index is 969. The van der Waals surface area contributed by atoms with Gasteiger partial charge in [0.2, 0.25) is 0 Å². The minimum atomic E-state index is -0.935. The van der Waals surface area contributed by atoms with Crippen molar-refractivity contribution in [3.63, 3.8) is 0 Å². The molecular formula is C21H19N3O2. The van der Waals surface area contributed by atoms with Crippen LogP contribution in [0.1, 0.15) is 34.1 Å². The fourth-order valence-electron chi connectivity index (χ4n) is 3.13. The first-order chi connectivity index (χ1) is 12.7. The van der Waals surface area contributed by atoms with E-state index in [1.54, 1.807) is 12.1 Å². The zero-order valence-electron chi connectivity index (χ0n) is 14.5. The molecule has 3 aromatic rings. The summed E-state index contributed by atoms with van der Waals surface area (Å²) in [5.41, 5.74) is 4.05. The van der Waals surface area contributed by atoms with Crippen LogP contribution in [0.25, 0.3) is 11.3 Å². The first kappa shape index (κ1) is 17.4. The van der Waals surface area contributed by atoms with Gasteiger partial charge in [-0.2, -0.15) is 10.4 Å². The number of hydrogen-bond acceptors (Lipinski definition) is 3. The molecule has 0 aliphatic carbocycles. The molecule has 0 fully saturated rings. The number of carboxylic acid groups (broad SMARTS) is 1. The average molecular weight is 345 g/mol. The molecule has 0 atom stereocenters. The van der Waals surface area contributed by atoms with Gasteiger partial charge in [0.1, 0.15) is 17.3 Å². The van der Waals surface area contributed by atoms with Crippen LogP contribution in [-0.4, -0.2) is 20.9 Å². The largest absolute Gasteiger partial charge is 0.478 e. The Morgan fingerprint density at radius 3 is 2.46 bits per heavy atom. The van der Waals surface area contributed by atoms with Gasteiger partial charge >= 0.3 is 5.97 Å². The lowest BCUT2D eigenvalue weighted by Crippen LogP contribution is -2.08. The topological polar surface area (TPSA) is 78.9 Å². The second kappa shape index (κ2) is 7.66. The lowest BCUT2D eigenvalue weighted by atomic mass is 9.99. The predicted molar refractivity (Wildman–Crippen MR) is 98.9 cm³/mol. The van der Waals surface area contributed by atoms with Crippen LogP contribution in [0.3, 0.4) is 0 Å². The van der Waals surface area contributed by atoms with E-state index in [2.05, 4.69) is 11.2 Å². The van der Waals surface area contributed by atoms with Gasteiger partial charge < -0.3 is 5.11 Å². The Morgan fingerprint density at radius 2 is 1.81 bits per heavy atom. The van der Waals surface area contributed by atoms with Crippen LogP contribution in [-0.2, 0) is 19.4 Å². The molecule has 0 saturated heterocycles. The van der Waals surface area contributed by atoms with Crippen LogP contribution in [0.2, 0.25) is 0 Å². The summed E-state index contributed by atoms with van der Waals surface area (Å²) in [4.78, 5) is 11.4. The number of aromatic nitrogens is 2. The maximum atomic E-state index is 11.4. The number of nitrogens with zero attached hydrogens (tertiary/aromatic N) is 3. The number of rotatable bonds is 6. The normalized spacial score (nSPS) is 10.5. The second-order valence-corrected chi connectivity index (χ2v) is 5.93. The predicted octanol–water partition coefficient (Wildman–Crippen LogP) is 3.93. The van der Waals surface area contributed by atoms with Crippen LogP contribution in [0.5, 0.6) is 0 Å². The van der Waals surface area contributed by atoms with Crippen molar-refractivity contribution in [1.29, 1.82) is 5.26 Å². The lowest BCUT2D eigenvalue weighted by Gasteiger charge is -2.08. The molecule has 1 heterocycles. The lowest BCUT2D eigenvalue weighted by molar-refractivity contribution is 0.0695. The number of nitriles is 1. The number of carboxylic acids is 1. The molecular weight excluding hydrogens is 326 g/mol. The van der Waals surface area contributed by atoms with Gasteiger partial charge in [-0.3, -0.25) is 4.68 Å². The monoisotopic (exact) mass is 345 g/mol. The third kappa shape index (κ3) is 3.35. The Hall–Kier alpha value is -3.39. The van der Waals surface area contributed by atoms with E-state index in [0.717, 1.165) is 16.8 Å². The van der Waals surface area contributed by atoms with Crippen molar-refractivity contribution in [3.8, 4) is 17.3 Å². The number of hydrogen-bond donors (Lipinski definition) is 1. The number of aryl methyl sites for hydroxylation is 2. The molecule has 1 N–H and O–H groups in total. The fourth-order valence-corrected chi connectivity index (χ4v) is 3.13. The number of benzene rings is 2. The van der Waals surface area contributed by atoms with E-state index in [1.165, 1.54) is 0 Å². The summed E-state index contributed by atoms with van der Waals surface area (Å²) in [6.07, 6.45) is 1.10. The minimum absolute atomic E-state index is 0.303. The number of carbonyl (C=O) groups is 1. The van der Waals surface area contributed by atoms with Crippen molar-refractivity contribution < 1.29 is 9.90 Å². The first-order valence-electron chi connectivity index (χ1n) is 8.52. The summed E-state index contributed by atoms with van der Waals surface area (Å²) in [6, 6.07) is 18.9. The van der Waals surface area contributed by atoms with E-state index in [4.69, 9.17) is 0 Å². The van der Waals surface area contributed by atoms with Crippen molar-refractivity contribution >= 4 is 5.97 Å². The molecule has 0 radical (unpaired) electrons. The highest BCUT2D eigenvalue weighted by Crippen LogP contribution is 2.26. The van der Waals surface area contributed by atoms with Gasteiger partial charge in [0.15, 0.2) is 0 Å². The fraction of sp³-hybridized carbons (Fsp3) is 0.190. The molecule has 2 aromatic carbocycles. The van der Waals surface area contributed by atoms with Gasteiger partial charge in [0.25, 0.3) is 0 Å². The maximum Gasteiger partial charge on any atom is 0.335 e. The van der Waals surface area contributed by atoms with Gasteiger partial charge in [0.05, 0.1) is 11.3 Å². The summed E-state index contributed by atoms with van der Waals surface area (Å²) in [5, 5.41) is 23.7. The molecule has 0 spiro atoms.